The quantitative estimate of drug-likeness (QED) is 0.126. The van der Waals surface area contributed by atoms with Gasteiger partial charge in [-0.25, -0.2) is 9.07 Å². The Morgan fingerprint density at radius 3 is 2.62 bits per heavy atom. The van der Waals surface area contributed by atoms with Gasteiger partial charge in [-0.1, -0.05) is 66.4 Å². The molecule has 1 aromatic heterocycles. The number of amides is 1. The Morgan fingerprint density at radius 1 is 1.05 bits per heavy atom. The number of carbonyl (C=O) groups is 1. The second kappa shape index (κ2) is 12.4. The summed E-state index contributed by atoms with van der Waals surface area (Å²) in [7, 11) is 1.64. The number of para-hydroxylation sites is 1. The van der Waals surface area contributed by atoms with Crippen LogP contribution in [0.1, 0.15) is 17.5 Å². The van der Waals surface area contributed by atoms with Gasteiger partial charge >= 0.3 is 0 Å². The number of aromatic nitrogens is 2. The summed E-state index contributed by atoms with van der Waals surface area (Å²) in [6.45, 7) is 1.38. The molecule has 0 aliphatic carbocycles. The van der Waals surface area contributed by atoms with Crippen molar-refractivity contribution >= 4 is 40.3 Å². The van der Waals surface area contributed by atoms with Gasteiger partial charge in [0.25, 0.3) is 5.91 Å². The van der Waals surface area contributed by atoms with Gasteiger partial charge < -0.3 is 9.47 Å². The van der Waals surface area contributed by atoms with Gasteiger partial charge in [-0.05, 0) is 54.5 Å². The Labute approximate surface area is 236 Å². The van der Waals surface area contributed by atoms with Crippen molar-refractivity contribution in [1.82, 2.24) is 14.7 Å². The Morgan fingerprint density at radius 2 is 1.85 bits per heavy atom. The molecule has 2 heterocycles. The van der Waals surface area contributed by atoms with Crippen molar-refractivity contribution < 1.29 is 18.7 Å². The molecule has 9 heteroatoms. The van der Waals surface area contributed by atoms with E-state index in [9.17, 15) is 9.18 Å². The normalized spacial score (nSPS) is 14.4. The molecule has 5 rings (SSSR count). The van der Waals surface area contributed by atoms with Crippen LogP contribution in [0.3, 0.4) is 0 Å². The fraction of sp³-hybridized carbons (Fsp3) is 0.167. The fourth-order valence-corrected chi connectivity index (χ4v) is 5.41. The van der Waals surface area contributed by atoms with Crippen molar-refractivity contribution in [2.75, 3.05) is 20.3 Å². The van der Waals surface area contributed by atoms with E-state index in [1.165, 1.54) is 23.9 Å². The van der Waals surface area contributed by atoms with Crippen molar-refractivity contribution in [2.45, 2.75) is 13.0 Å². The van der Waals surface area contributed by atoms with E-state index in [1.807, 2.05) is 66.9 Å². The highest BCUT2D eigenvalue weighted by Crippen LogP contribution is 2.35. The molecule has 4 aromatic rings. The third-order valence-electron chi connectivity index (χ3n) is 6.08. The maximum absolute atomic E-state index is 13.2. The Bertz CT molecular complexity index is 1500. The van der Waals surface area contributed by atoms with Gasteiger partial charge in [-0.3, -0.25) is 9.69 Å². The zero-order valence-corrected chi connectivity index (χ0v) is 22.9. The van der Waals surface area contributed by atoms with Gasteiger partial charge in [0.05, 0.1) is 10.6 Å². The van der Waals surface area contributed by atoms with Gasteiger partial charge in [0.2, 0.25) is 0 Å². The maximum atomic E-state index is 13.2. The number of hydrogen-bond donors (Lipinski definition) is 0. The van der Waals surface area contributed by atoms with Crippen LogP contribution in [0.2, 0.25) is 0 Å². The number of thiocarbonyl (C=S) groups is 1. The summed E-state index contributed by atoms with van der Waals surface area (Å²) in [5.41, 5.74) is 4.09. The third kappa shape index (κ3) is 6.44. The molecule has 0 bridgehead atoms. The number of benzene rings is 3. The number of halogens is 1. The summed E-state index contributed by atoms with van der Waals surface area (Å²) in [6.07, 6.45) is 4.47. The molecule has 1 aliphatic rings. The second-order valence-electron chi connectivity index (χ2n) is 8.84. The lowest BCUT2D eigenvalue weighted by Gasteiger charge is -2.13. The van der Waals surface area contributed by atoms with Crippen LogP contribution < -0.4 is 4.74 Å². The maximum Gasteiger partial charge on any atom is 0.266 e. The molecule has 3 aromatic carbocycles. The molecule has 1 saturated heterocycles. The number of rotatable bonds is 10. The molecule has 198 valence electrons. The van der Waals surface area contributed by atoms with Crippen LogP contribution in [0.15, 0.2) is 90.0 Å². The molecule has 0 radical (unpaired) electrons. The van der Waals surface area contributed by atoms with E-state index in [2.05, 4.69) is 0 Å². The number of methoxy groups -OCH3 is 1. The van der Waals surface area contributed by atoms with Crippen LogP contribution in [-0.4, -0.2) is 45.2 Å². The average Bonchev–Trinajstić information content (AvgIpc) is 3.50. The molecule has 1 fully saturated rings. The summed E-state index contributed by atoms with van der Waals surface area (Å²) in [5, 5.41) is 4.88. The van der Waals surface area contributed by atoms with Gasteiger partial charge in [-0.15, -0.1) is 0 Å². The Hall–Kier alpha value is -3.79. The average molecular weight is 560 g/mol. The van der Waals surface area contributed by atoms with Crippen LogP contribution in [-0.2, 0) is 16.1 Å². The summed E-state index contributed by atoms with van der Waals surface area (Å²) in [6, 6.07) is 23.6. The zero-order valence-electron chi connectivity index (χ0n) is 21.2. The summed E-state index contributed by atoms with van der Waals surface area (Å²) in [4.78, 5) is 15.3. The van der Waals surface area contributed by atoms with Crippen LogP contribution in [0.25, 0.3) is 23.0 Å². The highest BCUT2D eigenvalue weighted by atomic mass is 32.2. The van der Waals surface area contributed by atoms with Gasteiger partial charge in [0, 0.05) is 37.6 Å². The first-order chi connectivity index (χ1) is 19.0. The monoisotopic (exact) mass is 559 g/mol. The first-order valence-electron chi connectivity index (χ1n) is 12.4. The largest absolute Gasteiger partial charge is 0.489 e. The SMILES string of the molecule is COCCCN1C(=O)C(=Cc2cn(-c3ccccc3)nc2-c2cccc(OCc3ccc(F)cc3)c2)SC1=S. The van der Waals surface area contributed by atoms with E-state index in [4.69, 9.17) is 26.8 Å². The van der Waals surface area contributed by atoms with Crippen molar-refractivity contribution in [3.8, 4) is 22.7 Å². The van der Waals surface area contributed by atoms with E-state index in [1.54, 1.807) is 28.8 Å². The molecule has 0 saturated carbocycles. The number of thioether (sulfide) groups is 1. The topological polar surface area (TPSA) is 56.6 Å². The van der Waals surface area contributed by atoms with Crippen LogP contribution in [0.5, 0.6) is 5.75 Å². The lowest BCUT2D eigenvalue weighted by molar-refractivity contribution is -0.122. The van der Waals surface area contributed by atoms with E-state index in [-0.39, 0.29) is 11.7 Å². The molecule has 0 spiro atoms. The van der Waals surface area contributed by atoms with Crippen LogP contribution >= 0.6 is 24.0 Å². The predicted molar refractivity (Wildman–Crippen MR) is 156 cm³/mol. The van der Waals surface area contributed by atoms with E-state index in [0.717, 1.165) is 22.4 Å². The number of carbonyl (C=O) groups excluding carboxylic acids is 1. The predicted octanol–water partition coefficient (Wildman–Crippen LogP) is 6.50. The van der Waals surface area contributed by atoms with Gasteiger partial charge in [-0.2, -0.15) is 5.10 Å². The standard InChI is InChI=1S/C30H26FN3O3S2/c1-36-16-6-15-33-29(35)27(39-30(33)38)18-23-19-34(25-8-3-2-4-9-25)32-28(23)22-7-5-10-26(17-22)37-20-21-11-13-24(31)14-12-21/h2-5,7-14,17-19H,6,15-16,20H2,1H3. The molecule has 1 amide bonds. The summed E-state index contributed by atoms with van der Waals surface area (Å²) in [5.74, 6) is 0.256. The van der Waals surface area contributed by atoms with E-state index < -0.39 is 0 Å². The second-order valence-corrected chi connectivity index (χ2v) is 10.5. The number of ether oxygens (including phenoxy) is 2. The third-order valence-corrected chi connectivity index (χ3v) is 7.46. The minimum atomic E-state index is -0.283. The van der Waals surface area contributed by atoms with Crippen molar-refractivity contribution in [3.05, 3.63) is 107 Å². The summed E-state index contributed by atoms with van der Waals surface area (Å²) < 4.78 is 26.7. The lowest BCUT2D eigenvalue weighted by Crippen LogP contribution is -2.29. The molecule has 6 nitrogen and oxygen atoms in total. The minimum Gasteiger partial charge on any atom is -0.489 e. The number of nitrogens with zero attached hydrogens (tertiary/aromatic N) is 3. The van der Waals surface area contributed by atoms with Crippen LogP contribution in [0, 0.1) is 5.82 Å². The van der Waals surface area contributed by atoms with E-state index in [0.29, 0.717) is 46.8 Å². The van der Waals surface area contributed by atoms with Crippen molar-refractivity contribution in [1.29, 1.82) is 0 Å². The molecule has 0 N–H and O–H groups in total. The zero-order chi connectivity index (χ0) is 27.2. The fourth-order valence-electron chi connectivity index (χ4n) is 4.11. The summed E-state index contributed by atoms with van der Waals surface area (Å²) >= 11 is 6.78. The Balaban J connectivity index is 1.46. The molecule has 0 atom stereocenters. The molecular weight excluding hydrogens is 533 g/mol. The van der Waals surface area contributed by atoms with Crippen LogP contribution in [0.4, 0.5) is 4.39 Å². The smallest absolute Gasteiger partial charge is 0.266 e. The molecule has 0 unspecified atom stereocenters. The Kier molecular flexibility index (Phi) is 8.51. The van der Waals surface area contributed by atoms with E-state index >= 15 is 0 Å². The number of hydrogen-bond acceptors (Lipinski definition) is 6. The molecule has 1 aliphatic heterocycles. The van der Waals surface area contributed by atoms with Gasteiger partial charge in [0.1, 0.15) is 28.2 Å². The van der Waals surface area contributed by atoms with Crippen molar-refractivity contribution in [3.63, 3.8) is 0 Å². The van der Waals surface area contributed by atoms with Gasteiger partial charge in [0.15, 0.2) is 0 Å². The highest BCUT2D eigenvalue weighted by molar-refractivity contribution is 8.26. The lowest BCUT2D eigenvalue weighted by atomic mass is 10.1. The molecule has 39 heavy (non-hydrogen) atoms. The minimum absolute atomic E-state index is 0.115. The first-order valence-corrected chi connectivity index (χ1v) is 13.6. The highest BCUT2D eigenvalue weighted by Gasteiger charge is 2.32. The molecular formula is C30H26FN3O3S2. The van der Waals surface area contributed by atoms with Crippen molar-refractivity contribution in [2.24, 2.45) is 0 Å². The first kappa shape index (κ1) is 26.8.